The second-order valence-corrected chi connectivity index (χ2v) is 6.33. The summed E-state index contributed by atoms with van der Waals surface area (Å²) >= 11 is 0. The van der Waals surface area contributed by atoms with Crippen molar-refractivity contribution in [3.63, 3.8) is 0 Å². The maximum Gasteiger partial charge on any atom is 0.00975 e. The molecule has 0 saturated heterocycles. The third kappa shape index (κ3) is 5.71. The minimum Gasteiger partial charge on any atom is -0.317 e. The van der Waals surface area contributed by atoms with Crippen LogP contribution in [0.5, 0.6) is 0 Å². The van der Waals surface area contributed by atoms with E-state index in [-0.39, 0.29) is 0 Å². The van der Waals surface area contributed by atoms with Crippen molar-refractivity contribution in [2.75, 3.05) is 20.1 Å². The largest absolute Gasteiger partial charge is 0.317 e. The van der Waals surface area contributed by atoms with E-state index in [2.05, 4.69) is 38.0 Å². The van der Waals surface area contributed by atoms with Crippen LogP contribution in [0.25, 0.3) is 0 Å². The molecule has 0 spiro atoms. The van der Waals surface area contributed by atoms with Gasteiger partial charge in [0.05, 0.1) is 0 Å². The smallest absolute Gasteiger partial charge is 0.00975 e. The van der Waals surface area contributed by atoms with Gasteiger partial charge in [-0.3, -0.25) is 0 Å². The van der Waals surface area contributed by atoms with E-state index >= 15 is 0 Å². The summed E-state index contributed by atoms with van der Waals surface area (Å²) in [5.41, 5.74) is 0. The van der Waals surface area contributed by atoms with Crippen molar-refractivity contribution in [3.8, 4) is 0 Å². The topological polar surface area (TPSA) is 15.3 Å². The molecule has 1 aliphatic carbocycles. The summed E-state index contributed by atoms with van der Waals surface area (Å²) in [4.78, 5) is 2.65. The quantitative estimate of drug-likeness (QED) is 0.665. The average Bonchev–Trinajstić information content (AvgIpc) is 2.37. The molecular formula is C16H34N2. The Balaban J connectivity index is 2.17. The zero-order valence-electron chi connectivity index (χ0n) is 13.0. The van der Waals surface area contributed by atoms with Crippen LogP contribution in [0.15, 0.2) is 0 Å². The second-order valence-electron chi connectivity index (χ2n) is 6.33. The van der Waals surface area contributed by atoms with Crippen LogP contribution in [0.2, 0.25) is 0 Å². The third-order valence-corrected chi connectivity index (χ3v) is 4.58. The summed E-state index contributed by atoms with van der Waals surface area (Å²) in [5.74, 6) is 0.935. The molecule has 1 N–H and O–H groups in total. The number of rotatable bonds is 8. The first-order chi connectivity index (χ1) is 8.65. The molecular weight excluding hydrogens is 220 g/mol. The number of hydrogen-bond donors (Lipinski definition) is 1. The zero-order chi connectivity index (χ0) is 13.4. The molecule has 1 fully saturated rings. The molecule has 3 unspecified atom stereocenters. The highest BCUT2D eigenvalue weighted by molar-refractivity contribution is 4.80. The zero-order valence-corrected chi connectivity index (χ0v) is 13.0. The molecule has 0 aliphatic heterocycles. The molecule has 1 rings (SSSR count). The Morgan fingerprint density at radius 2 is 2.06 bits per heavy atom. The van der Waals surface area contributed by atoms with Gasteiger partial charge in [0.25, 0.3) is 0 Å². The minimum atomic E-state index is 0.740. The first-order valence-electron chi connectivity index (χ1n) is 8.07. The molecule has 0 amide bonds. The van der Waals surface area contributed by atoms with E-state index in [0.717, 1.165) is 18.0 Å². The van der Waals surface area contributed by atoms with Gasteiger partial charge in [-0.1, -0.05) is 26.7 Å². The predicted molar refractivity (Wildman–Crippen MR) is 81.0 cm³/mol. The maximum atomic E-state index is 3.50. The fourth-order valence-electron chi connectivity index (χ4n) is 3.16. The Kier molecular flexibility index (Phi) is 7.92. The minimum absolute atomic E-state index is 0.740. The molecule has 2 nitrogen and oxygen atoms in total. The molecule has 18 heavy (non-hydrogen) atoms. The van der Waals surface area contributed by atoms with Gasteiger partial charge in [-0.05, 0) is 65.1 Å². The highest BCUT2D eigenvalue weighted by atomic mass is 15.2. The Labute approximate surface area is 115 Å². The van der Waals surface area contributed by atoms with Crippen molar-refractivity contribution in [2.45, 2.75) is 77.8 Å². The molecule has 0 radical (unpaired) electrons. The highest BCUT2D eigenvalue weighted by Gasteiger charge is 2.24. The van der Waals surface area contributed by atoms with Gasteiger partial charge < -0.3 is 10.2 Å². The van der Waals surface area contributed by atoms with Gasteiger partial charge in [-0.2, -0.15) is 0 Å². The van der Waals surface area contributed by atoms with Crippen LogP contribution in [-0.4, -0.2) is 37.1 Å². The van der Waals surface area contributed by atoms with E-state index < -0.39 is 0 Å². The first-order valence-corrected chi connectivity index (χ1v) is 8.07. The average molecular weight is 254 g/mol. The molecule has 1 aliphatic rings. The number of nitrogens with one attached hydrogen (secondary N) is 1. The lowest BCUT2D eigenvalue weighted by atomic mass is 9.86. The van der Waals surface area contributed by atoms with Gasteiger partial charge in [0.15, 0.2) is 0 Å². The lowest BCUT2D eigenvalue weighted by Gasteiger charge is -2.37. The van der Waals surface area contributed by atoms with E-state index in [1.54, 1.807) is 0 Å². The standard InChI is InChI=1S/C16H34N2/c1-5-11-17-12-7-9-15(3)18(4)16-10-6-8-14(2)13-16/h14-17H,5-13H2,1-4H3. The Hall–Kier alpha value is -0.0800. The van der Waals surface area contributed by atoms with Crippen molar-refractivity contribution >= 4 is 0 Å². The van der Waals surface area contributed by atoms with Gasteiger partial charge in [0, 0.05) is 12.1 Å². The monoisotopic (exact) mass is 254 g/mol. The van der Waals surface area contributed by atoms with E-state index in [1.165, 1.54) is 58.0 Å². The Morgan fingerprint density at radius 1 is 1.28 bits per heavy atom. The summed E-state index contributed by atoms with van der Waals surface area (Å²) in [7, 11) is 2.34. The Bertz CT molecular complexity index is 205. The molecule has 2 heteroatoms. The van der Waals surface area contributed by atoms with Crippen LogP contribution in [0.3, 0.4) is 0 Å². The molecule has 0 aromatic rings. The van der Waals surface area contributed by atoms with Crippen LogP contribution >= 0.6 is 0 Å². The van der Waals surface area contributed by atoms with Gasteiger partial charge >= 0.3 is 0 Å². The molecule has 0 aromatic carbocycles. The maximum absolute atomic E-state index is 3.50. The van der Waals surface area contributed by atoms with Crippen LogP contribution < -0.4 is 5.32 Å². The summed E-state index contributed by atoms with van der Waals surface area (Å²) in [5, 5.41) is 3.50. The predicted octanol–water partition coefficient (Wildman–Crippen LogP) is 3.67. The van der Waals surface area contributed by atoms with E-state index in [4.69, 9.17) is 0 Å². The lowest BCUT2D eigenvalue weighted by molar-refractivity contribution is 0.120. The normalized spacial score (nSPS) is 26.5. The summed E-state index contributed by atoms with van der Waals surface area (Å²) in [6.45, 7) is 9.41. The van der Waals surface area contributed by atoms with Gasteiger partial charge in [-0.25, -0.2) is 0 Å². The third-order valence-electron chi connectivity index (χ3n) is 4.58. The molecule has 1 saturated carbocycles. The van der Waals surface area contributed by atoms with Crippen LogP contribution in [0.1, 0.15) is 65.7 Å². The molecule has 0 aromatic heterocycles. The van der Waals surface area contributed by atoms with Crippen molar-refractivity contribution in [2.24, 2.45) is 5.92 Å². The lowest BCUT2D eigenvalue weighted by Crippen LogP contribution is -2.41. The van der Waals surface area contributed by atoms with Crippen LogP contribution in [0, 0.1) is 5.92 Å². The van der Waals surface area contributed by atoms with Gasteiger partial charge in [-0.15, -0.1) is 0 Å². The number of hydrogen-bond acceptors (Lipinski definition) is 2. The van der Waals surface area contributed by atoms with Crippen molar-refractivity contribution in [1.82, 2.24) is 10.2 Å². The summed E-state index contributed by atoms with van der Waals surface area (Å²) in [6.07, 6.45) is 9.59. The van der Waals surface area contributed by atoms with Crippen molar-refractivity contribution in [3.05, 3.63) is 0 Å². The fourth-order valence-corrected chi connectivity index (χ4v) is 3.16. The van der Waals surface area contributed by atoms with Crippen molar-refractivity contribution in [1.29, 1.82) is 0 Å². The summed E-state index contributed by atoms with van der Waals surface area (Å²) < 4.78 is 0. The molecule has 108 valence electrons. The fraction of sp³-hybridized carbons (Fsp3) is 1.00. The Morgan fingerprint density at radius 3 is 2.72 bits per heavy atom. The summed E-state index contributed by atoms with van der Waals surface area (Å²) in [6, 6.07) is 1.58. The van der Waals surface area contributed by atoms with E-state index in [0.29, 0.717) is 0 Å². The molecule has 0 bridgehead atoms. The molecule has 3 atom stereocenters. The van der Waals surface area contributed by atoms with Crippen LogP contribution in [-0.2, 0) is 0 Å². The van der Waals surface area contributed by atoms with Gasteiger partial charge in [0.1, 0.15) is 0 Å². The number of nitrogens with zero attached hydrogens (tertiary/aromatic N) is 1. The first kappa shape index (κ1) is 16.0. The SMILES string of the molecule is CCCNCCCC(C)N(C)C1CCCC(C)C1. The van der Waals surface area contributed by atoms with E-state index in [1.807, 2.05) is 0 Å². The van der Waals surface area contributed by atoms with E-state index in [9.17, 15) is 0 Å². The second kappa shape index (κ2) is 8.92. The van der Waals surface area contributed by atoms with Crippen LogP contribution in [0.4, 0.5) is 0 Å². The van der Waals surface area contributed by atoms with Gasteiger partial charge in [0.2, 0.25) is 0 Å². The van der Waals surface area contributed by atoms with Crippen molar-refractivity contribution < 1.29 is 0 Å². The molecule has 0 heterocycles. The highest BCUT2D eigenvalue weighted by Crippen LogP contribution is 2.28.